The summed E-state index contributed by atoms with van der Waals surface area (Å²) in [7, 11) is 0. The van der Waals surface area contributed by atoms with Crippen molar-refractivity contribution in [1.29, 1.82) is 0 Å². The van der Waals surface area contributed by atoms with Crippen molar-refractivity contribution in [3.05, 3.63) is 53.3 Å². The number of aromatic nitrogens is 4. The third kappa shape index (κ3) is 7.01. The van der Waals surface area contributed by atoms with E-state index >= 15 is 0 Å². The summed E-state index contributed by atoms with van der Waals surface area (Å²) in [5, 5.41) is 20.1. The third-order valence-corrected chi connectivity index (χ3v) is 5.44. The maximum Gasteiger partial charge on any atom is 0.229 e. The molecule has 1 aliphatic rings. The van der Waals surface area contributed by atoms with Gasteiger partial charge < -0.3 is 21.3 Å². The molecule has 1 aromatic carbocycles. The van der Waals surface area contributed by atoms with Crippen LogP contribution in [0, 0.1) is 6.92 Å². The Morgan fingerprint density at radius 1 is 1.09 bits per heavy atom. The van der Waals surface area contributed by atoms with Crippen LogP contribution in [-0.4, -0.2) is 45.7 Å². The van der Waals surface area contributed by atoms with E-state index in [2.05, 4.69) is 41.4 Å². The van der Waals surface area contributed by atoms with Crippen molar-refractivity contribution in [1.82, 2.24) is 30.8 Å². The largest absolute Gasteiger partial charge is 0.355 e. The highest BCUT2D eigenvalue weighted by atomic mass is 16.1. The summed E-state index contributed by atoms with van der Waals surface area (Å²) in [5.41, 5.74) is 3.96. The van der Waals surface area contributed by atoms with E-state index in [1.807, 2.05) is 50.2 Å². The first-order valence-corrected chi connectivity index (χ1v) is 11.6. The SMILES string of the molecule is CCNCCNC(=O)CCc1ccc(Nc2nc(C)cc(Nc3cc(C4CC4)n[nH]3)n2)cc1. The maximum absolute atomic E-state index is 11.9. The second-order valence-electron chi connectivity index (χ2n) is 8.35. The Kier molecular flexibility index (Phi) is 7.51. The number of carbonyl (C=O) groups excluding carboxylic acids is 1. The van der Waals surface area contributed by atoms with Crippen LogP contribution in [0.25, 0.3) is 0 Å². The molecule has 9 heteroatoms. The predicted molar refractivity (Wildman–Crippen MR) is 130 cm³/mol. The molecule has 174 valence electrons. The van der Waals surface area contributed by atoms with E-state index in [4.69, 9.17) is 0 Å². The lowest BCUT2D eigenvalue weighted by molar-refractivity contribution is -0.121. The molecule has 4 rings (SSSR count). The molecule has 1 aliphatic carbocycles. The van der Waals surface area contributed by atoms with Gasteiger partial charge in [0.2, 0.25) is 11.9 Å². The molecule has 2 heterocycles. The van der Waals surface area contributed by atoms with Crippen LogP contribution in [0.4, 0.5) is 23.3 Å². The molecule has 1 amide bonds. The number of H-pyrrole nitrogens is 1. The Morgan fingerprint density at radius 2 is 1.91 bits per heavy atom. The first-order chi connectivity index (χ1) is 16.1. The number of aromatic amines is 1. The highest BCUT2D eigenvalue weighted by Gasteiger charge is 2.26. The number of anilines is 4. The first kappa shape index (κ1) is 22.7. The summed E-state index contributed by atoms with van der Waals surface area (Å²) in [6.07, 6.45) is 3.61. The smallest absolute Gasteiger partial charge is 0.229 e. The number of likely N-dealkylation sites (N-methyl/N-ethyl adjacent to an activating group) is 1. The topological polar surface area (TPSA) is 120 Å². The van der Waals surface area contributed by atoms with Gasteiger partial charge in [-0.25, -0.2) is 4.98 Å². The molecule has 1 fully saturated rings. The zero-order chi connectivity index (χ0) is 23.0. The number of benzene rings is 1. The highest BCUT2D eigenvalue weighted by molar-refractivity contribution is 5.76. The van der Waals surface area contributed by atoms with Gasteiger partial charge in [0.1, 0.15) is 11.6 Å². The van der Waals surface area contributed by atoms with Gasteiger partial charge in [0.05, 0.1) is 5.69 Å². The van der Waals surface area contributed by atoms with Gasteiger partial charge in [-0.3, -0.25) is 9.89 Å². The van der Waals surface area contributed by atoms with E-state index in [9.17, 15) is 4.79 Å². The molecule has 2 aromatic heterocycles. The average molecular weight is 449 g/mol. The normalized spacial score (nSPS) is 13.0. The third-order valence-electron chi connectivity index (χ3n) is 5.44. The van der Waals surface area contributed by atoms with Crippen LogP contribution >= 0.6 is 0 Å². The number of rotatable bonds is 12. The van der Waals surface area contributed by atoms with Gasteiger partial charge in [-0.15, -0.1) is 0 Å². The van der Waals surface area contributed by atoms with E-state index in [0.717, 1.165) is 41.5 Å². The lowest BCUT2D eigenvalue weighted by atomic mass is 10.1. The second-order valence-corrected chi connectivity index (χ2v) is 8.35. The zero-order valence-corrected chi connectivity index (χ0v) is 19.2. The lowest BCUT2D eigenvalue weighted by Gasteiger charge is -2.10. The van der Waals surface area contributed by atoms with Gasteiger partial charge >= 0.3 is 0 Å². The quantitative estimate of drug-likeness (QED) is 0.269. The maximum atomic E-state index is 11.9. The second kappa shape index (κ2) is 10.9. The zero-order valence-electron chi connectivity index (χ0n) is 19.2. The Labute approximate surface area is 194 Å². The summed E-state index contributed by atoms with van der Waals surface area (Å²) in [6, 6.07) is 11.9. The van der Waals surface area contributed by atoms with E-state index in [0.29, 0.717) is 37.1 Å². The fourth-order valence-corrected chi connectivity index (χ4v) is 3.51. The summed E-state index contributed by atoms with van der Waals surface area (Å²) in [4.78, 5) is 21.0. The van der Waals surface area contributed by atoms with E-state index < -0.39 is 0 Å². The predicted octanol–water partition coefficient (Wildman–Crippen LogP) is 3.53. The number of aryl methyl sites for hydroxylation is 2. The van der Waals surface area contributed by atoms with Gasteiger partial charge in [-0.05, 0) is 50.4 Å². The monoisotopic (exact) mass is 448 g/mol. The Balaban J connectivity index is 1.29. The molecule has 33 heavy (non-hydrogen) atoms. The Morgan fingerprint density at radius 3 is 2.67 bits per heavy atom. The standard InChI is InChI=1S/C24H32N8O/c1-3-25-12-13-26-23(33)11-6-17-4-9-19(10-5-17)28-24-27-16(2)14-21(30-24)29-22-15-20(31-32-22)18-7-8-18/h4-5,9-10,14-15,18,25H,3,6-8,11-13H2,1-2H3,(H,26,33)(H3,27,28,29,30,31,32). The van der Waals surface area contributed by atoms with Gasteiger partial charge in [0, 0.05) is 48.9 Å². The molecule has 5 N–H and O–H groups in total. The molecular formula is C24H32N8O. The van der Waals surface area contributed by atoms with E-state index in [1.54, 1.807) is 0 Å². The molecule has 0 unspecified atom stereocenters. The van der Waals surface area contributed by atoms with E-state index in [-0.39, 0.29) is 5.91 Å². The molecular weight excluding hydrogens is 416 g/mol. The van der Waals surface area contributed by atoms with Crippen LogP contribution in [-0.2, 0) is 11.2 Å². The van der Waals surface area contributed by atoms with Crippen LogP contribution < -0.4 is 21.3 Å². The summed E-state index contributed by atoms with van der Waals surface area (Å²) >= 11 is 0. The first-order valence-electron chi connectivity index (χ1n) is 11.6. The average Bonchev–Trinajstić information content (AvgIpc) is 3.55. The van der Waals surface area contributed by atoms with Gasteiger partial charge in [0.15, 0.2) is 0 Å². The Bertz CT molecular complexity index is 1060. The van der Waals surface area contributed by atoms with Crippen molar-refractivity contribution < 1.29 is 4.79 Å². The minimum atomic E-state index is 0.0739. The van der Waals surface area contributed by atoms with Crippen LogP contribution in [0.2, 0.25) is 0 Å². The number of nitrogens with one attached hydrogen (secondary N) is 5. The minimum absolute atomic E-state index is 0.0739. The van der Waals surface area contributed by atoms with Crippen molar-refractivity contribution in [2.75, 3.05) is 30.3 Å². The molecule has 0 bridgehead atoms. The van der Waals surface area contributed by atoms with Gasteiger partial charge in [-0.2, -0.15) is 10.1 Å². The molecule has 0 atom stereocenters. The van der Waals surface area contributed by atoms with Crippen molar-refractivity contribution in [3.8, 4) is 0 Å². The lowest BCUT2D eigenvalue weighted by Crippen LogP contribution is -2.31. The van der Waals surface area contributed by atoms with Crippen LogP contribution in [0.15, 0.2) is 36.4 Å². The van der Waals surface area contributed by atoms with Crippen molar-refractivity contribution >= 4 is 29.2 Å². The van der Waals surface area contributed by atoms with Gasteiger partial charge in [-0.1, -0.05) is 19.1 Å². The molecule has 1 saturated carbocycles. The summed E-state index contributed by atoms with van der Waals surface area (Å²) < 4.78 is 0. The number of hydrogen-bond acceptors (Lipinski definition) is 7. The molecule has 0 spiro atoms. The molecule has 3 aromatic rings. The van der Waals surface area contributed by atoms with Crippen molar-refractivity contribution in [2.24, 2.45) is 0 Å². The number of amides is 1. The highest BCUT2D eigenvalue weighted by Crippen LogP contribution is 2.39. The van der Waals surface area contributed by atoms with Crippen molar-refractivity contribution in [2.45, 2.75) is 45.4 Å². The molecule has 9 nitrogen and oxygen atoms in total. The molecule has 0 radical (unpaired) electrons. The fourth-order valence-electron chi connectivity index (χ4n) is 3.51. The Hall–Kier alpha value is -3.46. The fraction of sp³-hybridized carbons (Fsp3) is 0.417. The summed E-state index contributed by atoms with van der Waals surface area (Å²) in [6.45, 7) is 6.35. The molecule has 0 aliphatic heterocycles. The summed E-state index contributed by atoms with van der Waals surface area (Å²) in [5.74, 6) is 2.72. The number of carbonyl (C=O) groups is 1. The van der Waals surface area contributed by atoms with Gasteiger partial charge in [0.25, 0.3) is 0 Å². The minimum Gasteiger partial charge on any atom is -0.355 e. The number of nitrogens with zero attached hydrogens (tertiary/aromatic N) is 3. The van der Waals surface area contributed by atoms with E-state index in [1.165, 1.54) is 12.8 Å². The van der Waals surface area contributed by atoms with Crippen molar-refractivity contribution in [3.63, 3.8) is 0 Å². The number of hydrogen-bond donors (Lipinski definition) is 5. The molecule has 0 saturated heterocycles. The van der Waals surface area contributed by atoms with Crippen LogP contribution in [0.5, 0.6) is 0 Å². The van der Waals surface area contributed by atoms with Crippen LogP contribution in [0.1, 0.15) is 49.1 Å². The van der Waals surface area contributed by atoms with Crippen LogP contribution in [0.3, 0.4) is 0 Å².